The summed E-state index contributed by atoms with van der Waals surface area (Å²) >= 11 is 0. The largest absolute Gasteiger partial charge is 0.309 e. The second-order valence-corrected chi connectivity index (χ2v) is 4.60. The highest BCUT2D eigenvalue weighted by Gasteiger charge is 2.13. The molecule has 84 valence electrons. The van der Waals surface area contributed by atoms with Gasteiger partial charge in [-0.25, -0.2) is 0 Å². The lowest BCUT2D eigenvalue weighted by Gasteiger charge is -2.22. The Morgan fingerprint density at radius 3 is 2.40 bits per heavy atom. The maximum absolute atomic E-state index is 2.28. The van der Waals surface area contributed by atoms with Crippen LogP contribution in [0, 0.1) is 6.92 Å². The molecule has 0 fully saturated rings. The fourth-order valence-electron chi connectivity index (χ4n) is 2.18. The molecule has 0 amide bonds. The second-order valence-electron chi connectivity index (χ2n) is 4.60. The average molecular weight is 205 g/mol. The molecule has 0 aromatic heterocycles. The molecule has 1 heteroatoms. The first-order valence-electron chi connectivity index (χ1n) is 5.85. The molecule has 0 saturated heterocycles. The van der Waals surface area contributed by atoms with E-state index in [1.165, 1.54) is 24.0 Å². The molecule has 0 N–H and O–H groups in total. The Morgan fingerprint density at radius 1 is 1.20 bits per heavy atom. The smallest absolute Gasteiger partial charge is 0.00443 e. The monoisotopic (exact) mass is 205 g/mol. The Labute approximate surface area is 94.1 Å². The number of benzene rings is 1. The summed E-state index contributed by atoms with van der Waals surface area (Å²) in [5.74, 6) is 0.686. The summed E-state index contributed by atoms with van der Waals surface area (Å²) in [6.07, 6.45) is 2.54. The summed E-state index contributed by atoms with van der Waals surface area (Å²) in [6.45, 7) is 5.63. The molecule has 1 unspecified atom stereocenters. The third-order valence-electron chi connectivity index (χ3n) is 2.85. The van der Waals surface area contributed by atoms with Gasteiger partial charge in [0.05, 0.1) is 0 Å². The van der Waals surface area contributed by atoms with E-state index in [0.29, 0.717) is 5.92 Å². The van der Waals surface area contributed by atoms with Crippen molar-refractivity contribution < 1.29 is 0 Å². The zero-order valence-corrected chi connectivity index (χ0v) is 10.5. The van der Waals surface area contributed by atoms with Crippen LogP contribution in [0.1, 0.15) is 36.8 Å². The van der Waals surface area contributed by atoms with Crippen LogP contribution in [0.15, 0.2) is 24.3 Å². The number of aryl methyl sites for hydroxylation is 1. The zero-order chi connectivity index (χ0) is 11.3. The van der Waals surface area contributed by atoms with E-state index in [1.807, 2.05) is 0 Å². The lowest BCUT2D eigenvalue weighted by Crippen LogP contribution is -2.20. The van der Waals surface area contributed by atoms with Gasteiger partial charge in [-0.05, 0) is 44.5 Å². The molecule has 0 saturated carbocycles. The van der Waals surface area contributed by atoms with E-state index in [0.717, 1.165) is 6.54 Å². The predicted molar refractivity (Wildman–Crippen MR) is 67.4 cm³/mol. The van der Waals surface area contributed by atoms with Crippen LogP contribution in [0.5, 0.6) is 0 Å². The van der Waals surface area contributed by atoms with Crippen molar-refractivity contribution in [3.8, 4) is 0 Å². The van der Waals surface area contributed by atoms with Crippen LogP contribution < -0.4 is 0 Å². The van der Waals surface area contributed by atoms with Crippen molar-refractivity contribution in [2.45, 2.75) is 32.6 Å². The van der Waals surface area contributed by atoms with Crippen LogP contribution in [0.25, 0.3) is 0 Å². The number of hydrogen-bond acceptors (Lipinski definition) is 1. The number of hydrogen-bond donors (Lipinski definition) is 0. The molecule has 0 bridgehead atoms. The predicted octanol–water partition coefficient (Wildman–Crippen LogP) is 3.44. The summed E-state index contributed by atoms with van der Waals surface area (Å²) < 4.78 is 0. The van der Waals surface area contributed by atoms with E-state index in [1.54, 1.807) is 0 Å². The topological polar surface area (TPSA) is 3.24 Å². The molecule has 0 heterocycles. The SMILES string of the molecule is CCCC(CN(C)C)c1ccccc1C. The van der Waals surface area contributed by atoms with Gasteiger partial charge in [0, 0.05) is 6.54 Å². The highest BCUT2D eigenvalue weighted by Crippen LogP contribution is 2.24. The van der Waals surface area contributed by atoms with E-state index in [9.17, 15) is 0 Å². The standard InChI is InChI=1S/C14H23N/c1-5-8-13(11-15(3)4)14-10-7-6-9-12(14)2/h6-7,9-10,13H,5,8,11H2,1-4H3. The van der Waals surface area contributed by atoms with Crippen molar-refractivity contribution in [2.24, 2.45) is 0 Å². The van der Waals surface area contributed by atoms with Crippen LogP contribution in [0.3, 0.4) is 0 Å². The van der Waals surface area contributed by atoms with Crippen molar-refractivity contribution in [2.75, 3.05) is 20.6 Å². The molecule has 0 radical (unpaired) electrons. The Bertz CT molecular complexity index is 291. The minimum Gasteiger partial charge on any atom is -0.309 e. The van der Waals surface area contributed by atoms with Gasteiger partial charge in [-0.2, -0.15) is 0 Å². The van der Waals surface area contributed by atoms with Gasteiger partial charge in [0.15, 0.2) is 0 Å². The van der Waals surface area contributed by atoms with E-state index < -0.39 is 0 Å². The van der Waals surface area contributed by atoms with Gasteiger partial charge in [0.25, 0.3) is 0 Å². The van der Waals surface area contributed by atoms with Crippen molar-refractivity contribution in [3.05, 3.63) is 35.4 Å². The van der Waals surface area contributed by atoms with Crippen LogP contribution in [-0.4, -0.2) is 25.5 Å². The Morgan fingerprint density at radius 2 is 1.87 bits per heavy atom. The first-order valence-corrected chi connectivity index (χ1v) is 5.85. The van der Waals surface area contributed by atoms with Crippen molar-refractivity contribution in [1.29, 1.82) is 0 Å². The quantitative estimate of drug-likeness (QED) is 0.711. The highest BCUT2D eigenvalue weighted by atomic mass is 15.1. The maximum Gasteiger partial charge on any atom is 0.00443 e. The molecule has 1 rings (SSSR count). The summed E-state index contributed by atoms with van der Waals surface area (Å²) in [6, 6.07) is 8.77. The first kappa shape index (κ1) is 12.3. The molecular weight excluding hydrogens is 182 g/mol. The maximum atomic E-state index is 2.28. The minimum atomic E-state index is 0.686. The fraction of sp³-hybridized carbons (Fsp3) is 0.571. The van der Waals surface area contributed by atoms with Gasteiger partial charge in [0.2, 0.25) is 0 Å². The van der Waals surface area contributed by atoms with Crippen LogP contribution in [-0.2, 0) is 0 Å². The van der Waals surface area contributed by atoms with E-state index >= 15 is 0 Å². The summed E-state index contributed by atoms with van der Waals surface area (Å²) in [5, 5.41) is 0. The molecule has 1 aromatic carbocycles. The summed E-state index contributed by atoms with van der Waals surface area (Å²) in [7, 11) is 4.31. The Balaban J connectivity index is 2.83. The molecule has 1 atom stereocenters. The van der Waals surface area contributed by atoms with Gasteiger partial charge >= 0.3 is 0 Å². The fourth-order valence-corrected chi connectivity index (χ4v) is 2.18. The zero-order valence-electron chi connectivity index (χ0n) is 10.5. The molecular formula is C14H23N. The molecule has 0 aliphatic heterocycles. The third kappa shape index (κ3) is 3.67. The molecule has 0 aliphatic carbocycles. The molecule has 1 aromatic rings. The highest BCUT2D eigenvalue weighted by molar-refractivity contribution is 5.29. The van der Waals surface area contributed by atoms with Crippen LogP contribution >= 0.6 is 0 Å². The normalized spacial score (nSPS) is 13.1. The van der Waals surface area contributed by atoms with E-state index in [4.69, 9.17) is 0 Å². The average Bonchev–Trinajstić information content (AvgIpc) is 2.17. The minimum absolute atomic E-state index is 0.686. The molecule has 0 aliphatic rings. The summed E-state index contributed by atoms with van der Waals surface area (Å²) in [4.78, 5) is 2.28. The molecule has 1 nitrogen and oxygen atoms in total. The lowest BCUT2D eigenvalue weighted by molar-refractivity contribution is 0.361. The van der Waals surface area contributed by atoms with E-state index in [2.05, 4.69) is 57.1 Å². The Hall–Kier alpha value is -0.820. The van der Waals surface area contributed by atoms with Gasteiger partial charge < -0.3 is 4.90 Å². The van der Waals surface area contributed by atoms with Crippen LogP contribution in [0.2, 0.25) is 0 Å². The van der Waals surface area contributed by atoms with Gasteiger partial charge in [-0.3, -0.25) is 0 Å². The van der Waals surface area contributed by atoms with Crippen molar-refractivity contribution in [1.82, 2.24) is 4.90 Å². The van der Waals surface area contributed by atoms with Gasteiger partial charge in [-0.15, -0.1) is 0 Å². The molecule has 15 heavy (non-hydrogen) atoms. The van der Waals surface area contributed by atoms with Gasteiger partial charge in [-0.1, -0.05) is 37.6 Å². The third-order valence-corrected chi connectivity index (χ3v) is 2.85. The second kappa shape index (κ2) is 5.92. The van der Waals surface area contributed by atoms with E-state index in [-0.39, 0.29) is 0 Å². The number of nitrogens with zero attached hydrogens (tertiary/aromatic N) is 1. The van der Waals surface area contributed by atoms with Crippen LogP contribution in [0.4, 0.5) is 0 Å². The summed E-state index contributed by atoms with van der Waals surface area (Å²) in [5.41, 5.74) is 2.95. The number of rotatable bonds is 5. The van der Waals surface area contributed by atoms with Crippen molar-refractivity contribution >= 4 is 0 Å². The number of likely N-dealkylation sites (N-methyl/N-ethyl adjacent to an activating group) is 1. The Kier molecular flexibility index (Phi) is 4.83. The van der Waals surface area contributed by atoms with Crippen molar-refractivity contribution in [3.63, 3.8) is 0 Å². The lowest BCUT2D eigenvalue weighted by atomic mass is 9.91. The molecule has 0 spiro atoms. The van der Waals surface area contributed by atoms with Gasteiger partial charge in [0.1, 0.15) is 0 Å². The first-order chi connectivity index (χ1) is 7.15.